The summed E-state index contributed by atoms with van der Waals surface area (Å²) in [6.45, 7) is 9.21. The standard InChI is InChI=1S/C19H34N2/c1-4-7-8-16(6-3)14-21-13-11-18(15-21)19(17-9-10-17)20-12-5-2/h11,13,15-17,19-20H,4-10,12,14H2,1-3H3. The minimum absolute atomic E-state index is 0.599. The Morgan fingerprint density at radius 2 is 2.05 bits per heavy atom. The van der Waals surface area contributed by atoms with Crippen LogP contribution in [0.5, 0.6) is 0 Å². The van der Waals surface area contributed by atoms with Crippen molar-refractivity contribution in [3.05, 3.63) is 24.0 Å². The molecule has 2 rings (SSSR count). The SMILES string of the molecule is CCCCC(CC)Cn1ccc(C(NCCC)C2CC2)c1. The summed E-state index contributed by atoms with van der Waals surface area (Å²) in [5.74, 6) is 1.72. The molecule has 0 amide bonds. The second-order valence-corrected chi connectivity index (χ2v) is 6.83. The van der Waals surface area contributed by atoms with Gasteiger partial charge in [-0.15, -0.1) is 0 Å². The highest BCUT2D eigenvalue weighted by Gasteiger charge is 2.32. The molecule has 2 heteroatoms. The van der Waals surface area contributed by atoms with Crippen LogP contribution in [0.25, 0.3) is 0 Å². The molecule has 0 spiro atoms. The van der Waals surface area contributed by atoms with E-state index in [1.54, 1.807) is 0 Å². The molecule has 0 aliphatic heterocycles. The lowest BCUT2D eigenvalue weighted by Gasteiger charge is -2.17. The maximum atomic E-state index is 3.75. The van der Waals surface area contributed by atoms with E-state index in [-0.39, 0.29) is 0 Å². The smallest absolute Gasteiger partial charge is 0.0363 e. The minimum atomic E-state index is 0.599. The van der Waals surface area contributed by atoms with Gasteiger partial charge in [-0.1, -0.05) is 40.0 Å². The summed E-state index contributed by atoms with van der Waals surface area (Å²) < 4.78 is 2.43. The summed E-state index contributed by atoms with van der Waals surface area (Å²) in [6.07, 6.45) is 14.1. The number of rotatable bonds is 11. The zero-order chi connectivity index (χ0) is 15.1. The van der Waals surface area contributed by atoms with Crippen molar-refractivity contribution in [1.82, 2.24) is 9.88 Å². The lowest BCUT2D eigenvalue weighted by Crippen LogP contribution is -2.23. The third-order valence-electron chi connectivity index (χ3n) is 4.85. The highest BCUT2D eigenvalue weighted by Crippen LogP contribution is 2.41. The van der Waals surface area contributed by atoms with Crippen LogP contribution in [0.4, 0.5) is 0 Å². The number of hydrogen-bond donors (Lipinski definition) is 1. The summed E-state index contributed by atoms with van der Waals surface area (Å²) in [7, 11) is 0. The summed E-state index contributed by atoms with van der Waals surface area (Å²) in [5, 5.41) is 3.75. The van der Waals surface area contributed by atoms with Crippen LogP contribution in [0.2, 0.25) is 0 Å². The number of aromatic nitrogens is 1. The van der Waals surface area contributed by atoms with Crippen molar-refractivity contribution in [2.45, 2.75) is 78.3 Å². The van der Waals surface area contributed by atoms with Crippen molar-refractivity contribution in [2.24, 2.45) is 11.8 Å². The molecule has 21 heavy (non-hydrogen) atoms. The molecule has 1 N–H and O–H groups in total. The van der Waals surface area contributed by atoms with Crippen LogP contribution in [0.3, 0.4) is 0 Å². The van der Waals surface area contributed by atoms with Crippen molar-refractivity contribution < 1.29 is 0 Å². The predicted octanol–water partition coefficient (Wildman–Crippen LogP) is 5.16. The van der Waals surface area contributed by atoms with Crippen molar-refractivity contribution in [3.8, 4) is 0 Å². The molecule has 120 valence electrons. The van der Waals surface area contributed by atoms with Gasteiger partial charge in [-0.2, -0.15) is 0 Å². The molecule has 2 unspecified atom stereocenters. The fraction of sp³-hybridized carbons (Fsp3) is 0.789. The lowest BCUT2D eigenvalue weighted by molar-refractivity contribution is 0.390. The van der Waals surface area contributed by atoms with Crippen molar-refractivity contribution in [2.75, 3.05) is 6.54 Å². The van der Waals surface area contributed by atoms with Crippen molar-refractivity contribution >= 4 is 0 Å². The fourth-order valence-corrected chi connectivity index (χ4v) is 3.26. The Morgan fingerprint density at radius 3 is 2.67 bits per heavy atom. The third kappa shape index (κ3) is 5.18. The molecule has 1 fully saturated rings. The summed E-state index contributed by atoms with van der Waals surface area (Å²) in [6, 6.07) is 2.94. The van der Waals surface area contributed by atoms with Gasteiger partial charge in [0.15, 0.2) is 0 Å². The Hall–Kier alpha value is -0.760. The maximum absolute atomic E-state index is 3.75. The molecule has 0 aromatic carbocycles. The van der Waals surface area contributed by atoms with E-state index in [9.17, 15) is 0 Å². The monoisotopic (exact) mass is 290 g/mol. The molecular formula is C19H34N2. The number of unbranched alkanes of at least 4 members (excludes halogenated alkanes) is 1. The van der Waals surface area contributed by atoms with E-state index in [1.807, 2.05) is 0 Å². The van der Waals surface area contributed by atoms with Crippen LogP contribution in [0.15, 0.2) is 18.5 Å². The first-order valence-corrected chi connectivity index (χ1v) is 9.17. The van der Waals surface area contributed by atoms with Gasteiger partial charge >= 0.3 is 0 Å². The second-order valence-electron chi connectivity index (χ2n) is 6.83. The Balaban J connectivity index is 1.92. The number of nitrogens with one attached hydrogen (secondary N) is 1. The summed E-state index contributed by atoms with van der Waals surface area (Å²) >= 11 is 0. The number of hydrogen-bond acceptors (Lipinski definition) is 1. The fourth-order valence-electron chi connectivity index (χ4n) is 3.26. The van der Waals surface area contributed by atoms with Gasteiger partial charge in [-0.05, 0) is 55.7 Å². The van der Waals surface area contributed by atoms with E-state index < -0.39 is 0 Å². The molecule has 2 nitrogen and oxygen atoms in total. The second kappa shape index (κ2) is 8.63. The van der Waals surface area contributed by atoms with Crippen LogP contribution in [-0.4, -0.2) is 11.1 Å². The first-order valence-electron chi connectivity index (χ1n) is 9.17. The number of nitrogens with zero attached hydrogens (tertiary/aromatic N) is 1. The average Bonchev–Trinajstić information content (AvgIpc) is 3.23. The van der Waals surface area contributed by atoms with E-state index in [4.69, 9.17) is 0 Å². The van der Waals surface area contributed by atoms with E-state index >= 15 is 0 Å². The van der Waals surface area contributed by atoms with Crippen LogP contribution in [-0.2, 0) is 6.54 Å². The summed E-state index contributed by atoms with van der Waals surface area (Å²) in [4.78, 5) is 0. The van der Waals surface area contributed by atoms with Gasteiger partial charge in [0, 0.05) is 25.0 Å². The maximum Gasteiger partial charge on any atom is 0.0363 e. The normalized spacial score (nSPS) is 17.9. The molecule has 0 saturated heterocycles. The van der Waals surface area contributed by atoms with Crippen LogP contribution < -0.4 is 5.32 Å². The molecular weight excluding hydrogens is 256 g/mol. The Morgan fingerprint density at radius 1 is 1.24 bits per heavy atom. The van der Waals surface area contributed by atoms with Gasteiger partial charge in [0.05, 0.1) is 0 Å². The van der Waals surface area contributed by atoms with Crippen LogP contribution in [0.1, 0.15) is 77.3 Å². The molecule has 1 aromatic rings. The van der Waals surface area contributed by atoms with E-state index in [1.165, 1.54) is 57.1 Å². The van der Waals surface area contributed by atoms with E-state index in [2.05, 4.69) is 49.1 Å². The average molecular weight is 290 g/mol. The molecule has 1 aliphatic carbocycles. The van der Waals surface area contributed by atoms with Gasteiger partial charge in [0.1, 0.15) is 0 Å². The van der Waals surface area contributed by atoms with Gasteiger partial charge in [-0.3, -0.25) is 0 Å². The van der Waals surface area contributed by atoms with Crippen LogP contribution >= 0.6 is 0 Å². The van der Waals surface area contributed by atoms with Gasteiger partial charge in [0.25, 0.3) is 0 Å². The molecule has 2 atom stereocenters. The zero-order valence-electron chi connectivity index (χ0n) is 14.3. The van der Waals surface area contributed by atoms with Gasteiger partial charge in [0.2, 0.25) is 0 Å². The highest BCUT2D eigenvalue weighted by atomic mass is 15.0. The topological polar surface area (TPSA) is 17.0 Å². The minimum Gasteiger partial charge on any atom is -0.354 e. The van der Waals surface area contributed by atoms with Crippen molar-refractivity contribution in [3.63, 3.8) is 0 Å². The molecule has 0 bridgehead atoms. The van der Waals surface area contributed by atoms with E-state index in [0.717, 1.165) is 18.4 Å². The molecule has 1 aromatic heterocycles. The Bertz CT molecular complexity index is 392. The first kappa shape index (κ1) is 16.6. The van der Waals surface area contributed by atoms with Gasteiger partial charge in [-0.25, -0.2) is 0 Å². The third-order valence-corrected chi connectivity index (χ3v) is 4.85. The van der Waals surface area contributed by atoms with Crippen LogP contribution in [0, 0.1) is 11.8 Å². The Labute approximate surface area is 131 Å². The Kier molecular flexibility index (Phi) is 6.82. The molecule has 1 heterocycles. The largest absolute Gasteiger partial charge is 0.354 e. The summed E-state index contributed by atoms with van der Waals surface area (Å²) in [5.41, 5.74) is 1.51. The molecule has 0 radical (unpaired) electrons. The predicted molar refractivity (Wildman–Crippen MR) is 91.5 cm³/mol. The highest BCUT2D eigenvalue weighted by molar-refractivity contribution is 5.18. The van der Waals surface area contributed by atoms with Gasteiger partial charge < -0.3 is 9.88 Å². The van der Waals surface area contributed by atoms with Crippen molar-refractivity contribution in [1.29, 1.82) is 0 Å². The first-order chi connectivity index (χ1) is 10.3. The molecule has 1 saturated carbocycles. The molecule has 1 aliphatic rings. The zero-order valence-corrected chi connectivity index (χ0v) is 14.3. The lowest BCUT2D eigenvalue weighted by atomic mass is 9.99. The van der Waals surface area contributed by atoms with E-state index in [0.29, 0.717) is 6.04 Å². The quantitative estimate of drug-likeness (QED) is 0.596.